The Bertz CT molecular complexity index is 1320. The first-order chi connectivity index (χ1) is 17.1. The molecule has 1 atom stereocenters. The van der Waals surface area contributed by atoms with Crippen molar-refractivity contribution in [2.24, 2.45) is 0 Å². The van der Waals surface area contributed by atoms with Gasteiger partial charge in [-0.05, 0) is 56.7 Å². The summed E-state index contributed by atoms with van der Waals surface area (Å²) in [6, 6.07) is 19.6. The Labute approximate surface area is 211 Å². The number of likely N-dealkylation sites (N-methyl/N-ethyl adjacent to an activating group) is 1. The van der Waals surface area contributed by atoms with Crippen LogP contribution in [-0.2, 0) is 26.2 Å². The molecule has 2 amide bonds. The molecule has 3 rings (SSSR count). The number of hydrogen-bond donors (Lipinski definition) is 1. The molecule has 0 saturated heterocycles. The van der Waals surface area contributed by atoms with Gasteiger partial charge in [0, 0.05) is 18.7 Å². The molecule has 36 heavy (non-hydrogen) atoms. The second-order valence-corrected chi connectivity index (χ2v) is 10.2. The van der Waals surface area contributed by atoms with Crippen molar-refractivity contribution in [3.05, 3.63) is 95.8 Å². The highest BCUT2D eigenvalue weighted by atomic mass is 32.2. The molecular weight excluding hydrogens is 481 g/mol. The van der Waals surface area contributed by atoms with Crippen molar-refractivity contribution in [1.29, 1.82) is 0 Å². The van der Waals surface area contributed by atoms with Gasteiger partial charge in [-0.2, -0.15) is 0 Å². The van der Waals surface area contributed by atoms with Crippen molar-refractivity contribution in [3.63, 3.8) is 0 Å². The zero-order valence-electron chi connectivity index (χ0n) is 20.5. The van der Waals surface area contributed by atoms with Crippen LogP contribution in [0.2, 0.25) is 0 Å². The van der Waals surface area contributed by atoms with Gasteiger partial charge in [-0.15, -0.1) is 0 Å². The van der Waals surface area contributed by atoms with Crippen molar-refractivity contribution < 1.29 is 22.4 Å². The lowest BCUT2D eigenvalue weighted by atomic mass is 10.1. The third kappa shape index (κ3) is 6.28. The van der Waals surface area contributed by atoms with E-state index in [0.29, 0.717) is 12.2 Å². The topological polar surface area (TPSA) is 86.8 Å². The van der Waals surface area contributed by atoms with Crippen molar-refractivity contribution in [3.8, 4) is 0 Å². The summed E-state index contributed by atoms with van der Waals surface area (Å²) in [6.07, 6.45) is 0. The Balaban J connectivity index is 2.03. The highest BCUT2D eigenvalue weighted by molar-refractivity contribution is 7.92. The number of sulfonamides is 1. The maximum absolute atomic E-state index is 14.5. The second kappa shape index (κ2) is 11.8. The van der Waals surface area contributed by atoms with Crippen LogP contribution in [0.15, 0.2) is 83.8 Å². The molecule has 0 aliphatic heterocycles. The Hall–Kier alpha value is -3.72. The average Bonchev–Trinajstić information content (AvgIpc) is 2.86. The molecule has 7 nitrogen and oxygen atoms in total. The fraction of sp³-hybridized carbons (Fsp3) is 0.259. The van der Waals surface area contributed by atoms with Crippen LogP contribution >= 0.6 is 0 Å². The van der Waals surface area contributed by atoms with Gasteiger partial charge in [0.1, 0.15) is 18.4 Å². The predicted molar refractivity (Wildman–Crippen MR) is 137 cm³/mol. The Morgan fingerprint density at radius 3 is 2.28 bits per heavy atom. The number of carbonyl (C=O) groups is 2. The third-order valence-corrected chi connectivity index (χ3v) is 7.50. The number of amides is 2. The van der Waals surface area contributed by atoms with E-state index in [4.69, 9.17) is 0 Å². The van der Waals surface area contributed by atoms with Gasteiger partial charge in [0.2, 0.25) is 11.8 Å². The monoisotopic (exact) mass is 511 g/mol. The molecule has 0 heterocycles. The predicted octanol–water partition coefficient (Wildman–Crippen LogP) is 3.88. The molecule has 3 aromatic rings. The standard InChI is InChI=1S/C27H30FN3O4S/c1-4-29-27(33)21(3)30(18-22-12-8-9-16-25(22)28)26(32)19-31(23-13-10-11-20(2)17-23)36(34,35)24-14-6-5-7-15-24/h5-17,21H,4,18-19H2,1-3H3,(H,29,33)/t21-/m1/s1. The van der Waals surface area contributed by atoms with Gasteiger partial charge in [-0.25, -0.2) is 12.8 Å². The molecule has 0 aliphatic carbocycles. The van der Waals surface area contributed by atoms with Crippen LogP contribution in [0, 0.1) is 12.7 Å². The molecule has 0 fully saturated rings. The van der Waals surface area contributed by atoms with E-state index in [1.165, 1.54) is 42.2 Å². The number of rotatable bonds is 10. The summed E-state index contributed by atoms with van der Waals surface area (Å²) in [4.78, 5) is 27.6. The van der Waals surface area contributed by atoms with E-state index in [-0.39, 0.29) is 17.0 Å². The highest BCUT2D eigenvalue weighted by Crippen LogP contribution is 2.25. The largest absolute Gasteiger partial charge is 0.355 e. The van der Waals surface area contributed by atoms with E-state index < -0.39 is 40.2 Å². The first-order valence-electron chi connectivity index (χ1n) is 11.6. The molecular formula is C27H30FN3O4S. The molecule has 0 aromatic heterocycles. The minimum atomic E-state index is -4.13. The van der Waals surface area contributed by atoms with Gasteiger partial charge in [0.15, 0.2) is 0 Å². The molecule has 0 saturated carbocycles. The first-order valence-corrected chi connectivity index (χ1v) is 13.0. The Morgan fingerprint density at radius 1 is 0.972 bits per heavy atom. The first kappa shape index (κ1) is 26.9. The average molecular weight is 512 g/mol. The van der Waals surface area contributed by atoms with Crippen LogP contribution in [0.3, 0.4) is 0 Å². The fourth-order valence-corrected chi connectivity index (χ4v) is 5.17. The van der Waals surface area contributed by atoms with Crippen LogP contribution in [0.25, 0.3) is 0 Å². The molecule has 0 unspecified atom stereocenters. The van der Waals surface area contributed by atoms with Crippen molar-refractivity contribution in [1.82, 2.24) is 10.2 Å². The number of aryl methyl sites for hydroxylation is 1. The summed E-state index contributed by atoms with van der Waals surface area (Å²) in [5, 5.41) is 2.67. The lowest BCUT2D eigenvalue weighted by molar-refractivity contribution is -0.139. The van der Waals surface area contributed by atoms with Gasteiger partial charge in [-0.3, -0.25) is 13.9 Å². The quantitative estimate of drug-likeness (QED) is 0.448. The smallest absolute Gasteiger partial charge is 0.264 e. The molecule has 0 radical (unpaired) electrons. The van der Waals surface area contributed by atoms with Gasteiger partial charge < -0.3 is 10.2 Å². The molecule has 1 N–H and O–H groups in total. The SMILES string of the molecule is CCNC(=O)[C@@H](C)N(Cc1ccccc1F)C(=O)CN(c1cccc(C)c1)S(=O)(=O)c1ccccc1. The molecule has 9 heteroatoms. The summed E-state index contributed by atoms with van der Waals surface area (Å²) < 4.78 is 42.8. The number of hydrogen-bond acceptors (Lipinski definition) is 4. The molecule has 0 bridgehead atoms. The van der Waals surface area contributed by atoms with E-state index >= 15 is 0 Å². The van der Waals surface area contributed by atoms with E-state index in [1.807, 2.05) is 13.0 Å². The van der Waals surface area contributed by atoms with Gasteiger partial charge >= 0.3 is 0 Å². The van der Waals surface area contributed by atoms with Crippen LogP contribution in [0.4, 0.5) is 10.1 Å². The van der Waals surface area contributed by atoms with E-state index in [2.05, 4.69) is 5.32 Å². The Kier molecular flexibility index (Phi) is 8.82. The van der Waals surface area contributed by atoms with Crippen LogP contribution in [0.5, 0.6) is 0 Å². The molecule has 3 aromatic carbocycles. The van der Waals surface area contributed by atoms with Crippen LogP contribution in [-0.4, -0.2) is 44.3 Å². The lowest BCUT2D eigenvalue weighted by Gasteiger charge is -2.32. The fourth-order valence-electron chi connectivity index (χ4n) is 3.75. The van der Waals surface area contributed by atoms with Crippen molar-refractivity contribution in [2.45, 2.75) is 38.3 Å². The second-order valence-electron chi connectivity index (χ2n) is 8.35. The summed E-state index contributed by atoms with van der Waals surface area (Å²) in [7, 11) is -4.13. The van der Waals surface area contributed by atoms with Crippen molar-refractivity contribution >= 4 is 27.5 Å². The van der Waals surface area contributed by atoms with Gasteiger partial charge in [-0.1, -0.05) is 48.5 Å². The van der Waals surface area contributed by atoms with Crippen LogP contribution in [0.1, 0.15) is 25.0 Å². The number of anilines is 1. The molecule has 190 valence electrons. The maximum Gasteiger partial charge on any atom is 0.264 e. The summed E-state index contributed by atoms with van der Waals surface area (Å²) in [5.41, 5.74) is 1.34. The third-order valence-electron chi connectivity index (χ3n) is 5.72. The number of benzene rings is 3. The number of halogens is 1. The van der Waals surface area contributed by atoms with Gasteiger partial charge in [0.25, 0.3) is 10.0 Å². The van der Waals surface area contributed by atoms with E-state index in [0.717, 1.165) is 9.87 Å². The van der Waals surface area contributed by atoms with Gasteiger partial charge in [0.05, 0.1) is 10.6 Å². The Morgan fingerprint density at radius 2 is 1.64 bits per heavy atom. The lowest BCUT2D eigenvalue weighted by Crippen LogP contribution is -2.51. The minimum Gasteiger partial charge on any atom is -0.355 e. The maximum atomic E-state index is 14.5. The summed E-state index contributed by atoms with van der Waals surface area (Å²) in [6.45, 7) is 4.69. The zero-order valence-corrected chi connectivity index (χ0v) is 21.3. The highest BCUT2D eigenvalue weighted by Gasteiger charge is 2.32. The van der Waals surface area contributed by atoms with Crippen LogP contribution < -0.4 is 9.62 Å². The van der Waals surface area contributed by atoms with Crippen molar-refractivity contribution in [2.75, 3.05) is 17.4 Å². The number of nitrogens with zero attached hydrogens (tertiary/aromatic N) is 2. The normalized spacial score (nSPS) is 12.0. The minimum absolute atomic E-state index is 0.0248. The number of carbonyl (C=O) groups excluding carboxylic acids is 2. The zero-order chi connectivity index (χ0) is 26.3. The molecule has 0 spiro atoms. The molecule has 0 aliphatic rings. The summed E-state index contributed by atoms with van der Waals surface area (Å²) in [5.74, 6) is -1.58. The van der Waals surface area contributed by atoms with E-state index in [1.54, 1.807) is 49.4 Å². The summed E-state index contributed by atoms with van der Waals surface area (Å²) >= 11 is 0. The van der Waals surface area contributed by atoms with E-state index in [9.17, 15) is 22.4 Å². The number of nitrogens with one attached hydrogen (secondary N) is 1.